The van der Waals surface area contributed by atoms with Crippen LogP contribution in [0.2, 0.25) is 0 Å². The van der Waals surface area contributed by atoms with Gasteiger partial charge in [0.2, 0.25) is 11.9 Å². The predicted molar refractivity (Wildman–Crippen MR) is 91.0 cm³/mol. The Labute approximate surface area is 140 Å². The van der Waals surface area contributed by atoms with Crippen molar-refractivity contribution in [3.8, 4) is 22.9 Å². The van der Waals surface area contributed by atoms with Gasteiger partial charge in [0, 0.05) is 6.07 Å². The van der Waals surface area contributed by atoms with Crippen LogP contribution in [0.5, 0.6) is 11.5 Å². The highest BCUT2D eigenvalue weighted by atomic mass is 16.5. The molecule has 2 aromatic rings. The zero-order chi connectivity index (χ0) is 17.7. The maximum atomic E-state index is 12.1. The second-order valence-corrected chi connectivity index (χ2v) is 5.47. The molecule has 2 rings (SSSR count). The van der Waals surface area contributed by atoms with Gasteiger partial charge >= 0.3 is 0 Å². The molecule has 0 saturated heterocycles. The Morgan fingerprint density at radius 3 is 2.75 bits per heavy atom. The molecule has 1 heterocycles. The van der Waals surface area contributed by atoms with E-state index in [4.69, 9.17) is 15.2 Å². The van der Waals surface area contributed by atoms with Gasteiger partial charge in [0.25, 0.3) is 0 Å². The number of ether oxygens (including phenoxy) is 2. The number of anilines is 1. The predicted octanol–water partition coefficient (Wildman–Crippen LogP) is 1.80. The first-order valence-corrected chi connectivity index (χ1v) is 7.71. The molecule has 24 heavy (non-hydrogen) atoms. The van der Waals surface area contributed by atoms with Gasteiger partial charge in [0.05, 0.1) is 25.8 Å². The third-order valence-corrected chi connectivity index (χ3v) is 3.94. The number of H-pyrrole nitrogens is 1. The van der Waals surface area contributed by atoms with Gasteiger partial charge in [-0.3, -0.25) is 15.2 Å². The topological polar surface area (TPSA) is 115 Å². The van der Waals surface area contributed by atoms with Gasteiger partial charge in [-0.2, -0.15) is 4.98 Å². The maximum absolute atomic E-state index is 12.1. The van der Waals surface area contributed by atoms with Crippen LogP contribution in [-0.2, 0) is 4.79 Å². The quantitative estimate of drug-likeness (QED) is 0.711. The van der Waals surface area contributed by atoms with Crippen LogP contribution < -0.4 is 20.5 Å². The van der Waals surface area contributed by atoms with E-state index in [-0.39, 0.29) is 17.8 Å². The van der Waals surface area contributed by atoms with E-state index in [1.807, 2.05) is 13.8 Å². The molecule has 2 atom stereocenters. The van der Waals surface area contributed by atoms with Crippen molar-refractivity contribution in [1.82, 2.24) is 15.2 Å². The maximum Gasteiger partial charge on any atom is 0.249 e. The number of amides is 1. The van der Waals surface area contributed by atoms with Crippen molar-refractivity contribution in [3.63, 3.8) is 0 Å². The number of methoxy groups -OCH3 is 2. The number of aromatic amines is 1. The average Bonchev–Trinajstić information content (AvgIpc) is 3.07. The van der Waals surface area contributed by atoms with E-state index in [0.717, 1.165) is 6.42 Å². The van der Waals surface area contributed by atoms with E-state index in [0.29, 0.717) is 22.9 Å². The first-order valence-electron chi connectivity index (χ1n) is 7.71. The smallest absolute Gasteiger partial charge is 0.249 e. The molecule has 130 valence electrons. The number of carbonyl (C=O) groups is 1. The summed E-state index contributed by atoms with van der Waals surface area (Å²) in [5, 5.41) is 9.42. The number of nitrogens with two attached hydrogens (primary N) is 1. The third-order valence-electron chi connectivity index (χ3n) is 3.94. The fraction of sp³-hybridized carbons (Fsp3) is 0.438. The molecule has 1 amide bonds. The Morgan fingerprint density at radius 1 is 1.38 bits per heavy atom. The fourth-order valence-electron chi connectivity index (χ4n) is 2.14. The summed E-state index contributed by atoms with van der Waals surface area (Å²) in [6.07, 6.45) is 0.816. The van der Waals surface area contributed by atoms with Crippen LogP contribution in [0.4, 0.5) is 5.95 Å². The molecule has 0 spiro atoms. The Morgan fingerprint density at radius 2 is 2.12 bits per heavy atom. The molecule has 8 nitrogen and oxygen atoms in total. The van der Waals surface area contributed by atoms with Crippen molar-refractivity contribution in [2.75, 3.05) is 19.5 Å². The highest BCUT2D eigenvalue weighted by Crippen LogP contribution is 2.31. The minimum absolute atomic E-state index is 0.0742. The average molecular weight is 333 g/mol. The monoisotopic (exact) mass is 333 g/mol. The molecule has 8 heteroatoms. The number of rotatable bonds is 7. The van der Waals surface area contributed by atoms with Gasteiger partial charge in [0.15, 0.2) is 5.82 Å². The zero-order valence-corrected chi connectivity index (χ0v) is 14.3. The SMILES string of the molecule is CCC(C)C(N)C(=O)Nc1n[nH]c(-c2ccc(OC)cc2OC)n1. The minimum Gasteiger partial charge on any atom is -0.497 e. The lowest BCUT2D eigenvalue weighted by molar-refractivity contribution is -0.118. The van der Waals surface area contributed by atoms with Crippen molar-refractivity contribution in [2.45, 2.75) is 26.3 Å². The Hall–Kier alpha value is -2.61. The van der Waals surface area contributed by atoms with E-state index < -0.39 is 6.04 Å². The summed E-state index contributed by atoms with van der Waals surface area (Å²) in [7, 11) is 3.14. The summed E-state index contributed by atoms with van der Waals surface area (Å²) in [6.45, 7) is 3.91. The molecule has 0 aliphatic rings. The molecule has 4 N–H and O–H groups in total. The molecule has 0 saturated carbocycles. The second-order valence-electron chi connectivity index (χ2n) is 5.47. The first kappa shape index (κ1) is 17.7. The van der Waals surface area contributed by atoms with Crippen LogP contribution in [0.25, 0.3) is 11.4 Å². The van der Waals surface area contributed by atoms with Crippen LogP contribution in [0.3, 0.4) is 0 Å². The molecular weight excluding hydrogens is 310 g/mol. The standard InChI is InChI=1S/C16H23N5O3/c1-5-9(2)13(17)15(22)19-16-18-14(20-21-16)11-7-6-10(23-3)8-12(11)24-4/h6-9,13H,5,17H2,1-4H3,(H2,18,19,20,21,22). The molecule has 1 aromatic heterocycles. The molecule has 0 aliphatic carbocycles. The first-order chi connectivity index (χ1) is 11.5. The van der Waals surface area contributed by atoms with Crippen LogP contribution in [0, 0.1) is 5.92 Å². The van der Waals surface area contributed by atoms with E-state index in [9.17, 15) is 4.79 Å². The Bertz CT molecular complexity index is 701. The van der Waals surface area contributed by atoms with Gasteiger partial charge in [-0.1, -0.05) is 20.3 Å². The highest BCUT2D eigenvalue weighted by Gasteiger charge is 2.21. The molecule has 0 aliphatic heterocycles. The van der Waals surface area contributed by atoms with Crippen LogP contribution in [0.15, 0.2) is 18.2 Å². The number of hydrogen-bond acceptors (Lipinski definition) is 6. The van der Waals surface area contributed by atoms with Crippen LogP contribution in [-0.4, -0.2) is 41.3 Å². The van der Waals surface area contributed by atoms with E-state index in [1.54, 1.807) is 32.4 Å². The van der Waals surface area contributed by atoms with Crippen LogP contribution in [0.1, 0.15) is 20.3 Å². The largest absolute Gasteiger partial charge is 0.497 e. The highest BCUT2D eigenvalue weighted by molar-refractivity contribution is 5.93. The van der Waals surface area contributed by atoms with E-state index in [1.165, 1.54) is 0 Å². The lowest BCUT2D eigenvalue weighted by Gasteiger charge is -2.16. The number of nitrogens with one attached hydrogen (secondary N) is 2. The van der Waals surface area contributed by atoms with E-state index >= 15 is 0 Å². The fourth-order valence-corrected chi connectivity index (χ4v) is 2.14. The summed E-state index contributed by atoms with van der Waals surface area (Å²) >= 11 is 0. The van der Waals surface area contributed by atoms with Crippen molar-refractivity contribution < 1.29 is 14.3 Å². The molecule has 0 radical (unpaired) electrons. The Kier molecular flexibility index (Phi) is 5.75. The number of aromatic nitrogens is 3. The summed E-state index contributed by atoms with van der Waals surface area (Å²) in [4.78, 5) is 16.4. The molecule has 0 fully saturated rings. The van der Waals surface area contributed by atoms with Crippen LogP contribution >= 0.6 is 0 Å². The summed E-state index contributed by atoms with van der Waals surface area (Å²) in [5.74, 6) is 1.66. The van der Waals surface area contributed by atoms with Gasteiger partial charge < -0.3 is 15.2 Å². The lowest BCUT2D eigenvalue weighted by Crippen LogP contribution is -2.40. The third kappa shape index (κ3) is 3.83. The normalized spacial score (nSPS) is 13.2. The minimum atomic E-state index is -0.604. The van der Waals surface area contributed by atoms with Gasteiger partial charge in [0.1, 0.15) is 11.5 Å². The van der Waals surface area contributed by atoms with Gasteiger partial charge in [-0.25, -0.2) is 0 Å². The lowest BCUT2D eigenvalue weighted by atomic mass is 10.00. The number of benzene rings is 1. The van der Waals surface area contributed by atoms with Gasteiger partial charge in [-0.15, -0.1) is 5.10 Å². The molecule has 1 aromatic carbocycles. The summed E-state index contributed by atoms with van der Waals surface area (Å²) < 4.78 is 10.5. The Balaban J connectivity index is 2.18. The molecular formula is C16H23N5O3. The summed E-state index contributed by atoms with van der Waals surface area (Å²) in [6, 6.07) is 4.73. The molecule has 2 unspecified atom stereocenters. The number of nitrogens with zero attached hydrogens (tertiary/aromatic N) is 2. The van der Waals surface area contributed by atoms with E-state index in [2.05, 4.69) is 20.5 Å². The van der Waals surface area contributed by atoms with Crippen molar-refractivity contribution in [3.05, 3.63) is 18.2 Å². The van der Waals surface area contributed by atoms with Gasteiger partial charge in [-0.05, 0) is 18.1 Å². The van der Waals surface area contributed by atoms with Crippen molar-refractivity contribution in [2.24, 2.45) is 11.7 Å². The number of hydrogen-bond donors (Lipinski definition) is 3. The second kappa shape index (κ2) is 7.78. The zero-order valence-electron chi connectivity index (χ0n) is 14.3. The van der Waals surface area contributed by atoms with Crippen molar-refractivity contribution >= 4 is 11.9 Å². The number of carbonyl (C=O) groups excluding carboxylic acids is 1. The van der Waals surface area contributed by atoms with Crippen molar-refractivity contribution in [1.29, 1.82) is 0 Å². The summed E-state index contributed by atoms with van der Waals surface area (Å²) in [5.41, 5.74) is 6.61. The molecule has 0 bridgehead atoms.